The van der Waals surface area contributed by atoms with E-state index < -0.39 is 0 Å². The summed E-state index contributed by atoms with van der Waals surface area (Å²) in [6, 6.07) is 7.07. The third kappa shape index (κ3) is 3.68. The lowest BCUT2D eigenvalue weighted by atomic mass is 10.3. The number of carbonyl (C=O) groups excluding carboxylic acids is 1. The number of aromatic nitrogens is 3. The van der Waals surface area contributed by atoms with Gasteiger partial charge >= 0.3 is 5.97 Å². The maximum atomic E-state index is 11.4. The molecule has 0 amide bonds. The summed E-state index contributed by atoms with van der Waals surface area (Å²) in [5.41, 5.74) is 0. The van der Waals surface area contributed by atoms with E-state index in [-0.39, 0.29) is 17.8 Å². The van der Waals surface area contributed by atoms with E-state index in [9.17, 15) is 4.79 Å². The molecule has 1 fully saturated rings. The standard InChI is InChI=1S/C13H12ClN3O3S/c14-8-1-3-9(4-2-8)20-7-11-15-13(17-16-11)21-10-5-6-19-12(10)18/h1-4,10H,5-7H2,(H,15,16,17)/t10-/m0/s1. The number of cyclic esters (lactones) is 1. The van der Waals surface area contributed by atoms with Gasteiger partial charge in [-0.3, -0.25) is 9.89 Å². The van der Waals surface area contributed by atoms with Crippen LogP contribution in [0.4, 0.5) is 0 Å². The van der Waals surface area contributed by atoms with Crippen LogP contribution in [-0.2, 0) is 16.1 Å². The highest BCUT2D eigenvalue weighted by Gasteiger charge is 2.28. The van der Waals surface area contributed by atoms with Gasteiger partial charge in [0, 0.05) is 11.4 Å². The van der Waals surface area contributed by atoms with Crippen molar-refractivity contribution in [1.82, 2.24) is 15.2 Å². The summed E-state index contributed by atoms with van der Waals surface area (Å²) in [7, 11) is 0. The van der Waals surface area contributed by atoms with Crippen LogP contribution in [0.1, 0.15) is 12.2 Å². The van der Waals surface area contributed by atoms with Gasteiger partial charge in [-0.05, 0) is 24.3 Å². The van der Waals surface area contributed by atoms with Crippen LogP contribution in [0.3, 0.4) is 0 Å². The van der Waals surface area contributed by atoms with Crippen molar-refractivity contribution in [1.29, 1.82) is 0 Å². The maximum Gasteiger partial charge on any atom is 0.319 e. The van der Waals surface area contributed by atoms with Gasteiger partial charge in [-0.1, -0.05) is 23.4 Å². The van der Waals surface area contributed by atoms with Crippen LogP contribution in [-0.4, -0.2) is 33.0 Å². The van der Waals surface area contributed by atoms with Crippen molar-refractivity contribution >= 4 is 29.3 Å². The van der Waals surface area contributed by atoms with Crippen LogP contribution >= 0.6 is 23.4 Å². The van der Waals surface area contributed by atoms with Gasteiger partial charge in [-0.25, -0.2) is 4.98 Å². The molecule has 21 heavy (non-hydrogen) atoms. The molecule has 1 aromatic heterocycles. The molecule has 1 atom stereocenters. The second-order valence-electron chi connectivity index (χ2n) is 4.37. The Kier molecular flexibility index (Phi) is 4.31. The molecule has 1 aliphatic rings. The number of nitrogens with one attached hydrogen (secondary N) is 1. The van der Waals surface area contributed by atoms with Gasteiger partial charge in [0.25, 0.3) is 0 Å². The highest BCUT2D eigenvalue weighted by molar-refractivity contribution is 8.00. The van der Waals surface area contributed by atoms with E-state index >= 15 is 0 Å². The topological polar surface area (TPSA) is 77.1 Å². The van der Waals surface area contributed by atoms with Gasteiger partial charge in [0.2, 0.25) is 5.16 Å². The molecule has 1 N–H and O–H groups in total. The highest BCUT2D eigenvalue weighted by Crippen LogP contribution is 2.26. The molecule has 2 heterocycles. The van der Waals surface area contributed by atoms with Crippen molar-refractivity contribution in [2.24, 2.45) is 0 Å². The average Bonchev–Trinajstić information content (AvgIpc) is 3.09. The lowest BCUT2D eigenvalue weighted by molar-refractivity contribution is -0.137. The number of rotatable bonds is 5. The van der Waals surface area contributed by atoms with Crippen LogP contribution in [0, 0.1) is 0 Å². The number of hydrogen-bond donors (Lipinski definition) is 1. The van der Waals surface area contributed by atoms with Gasteiger partial charge in [-0.2, -0.15) is 0 Å². The Morgan fingerprint density at radius 1 is 1.43 bits per heavy atom. The molecule has 1 aliphatic heterocycles. The highest BCUT2D eigenvalue weighted by atomic mass is 35.5. The predicted octanol–water partition coefficient (Wildman–Crippen LogP) is 2.44. The first-order valence-corrected chi connectivity index (χ1v) is 7.59. The minimum atomic E-state index is -0.217. The number of ether oxygens (including phenoxy) is 2. The molecule has 0 bridgehead atoms. The second kappa shape index (κ2) is 6.36. The molecule has 0 aliphatic carbocycles. The van der Waals surface area contributed by atoms with Crippen molar-refractivity contribution in [3.8, 4) is 5.75 Å². The zero-order valence-corrected chi connectivity index (χ0v) is 12.5. The third-order valence-corrected chi connectivity index (χ3v) is 4.19. The Labute approximate surface area is 130 Å². The summed E-state index contributed by atoms with van der Waals surface area (Å²) in [6.45, 7) is 0.734. The molecule has 110 valence electrons. The Morgan fingerprint density at radius 3 is 2.95 bits per heavy atom. The van der Waals surface area contributed by atoms with Crippen molar-refractivity contribution in [2.75, 3.05) is 6.61 Å². The van der Waals surface area contributed by atoms with E-state index in [1.807, 2.05) is 0 Å². The largest absolute Gasteiger partial charge is 0.486 e. The number of H-pyrrole nitrogens is 1. The number of hydrogen-bond acceptors (Lipinski definition) is 6. The molecule has 0 spiro atoms. The predicted molar refractivity (Wildman–Crippen MR) is 77.4 cm³/mol. The van der Waals surface area contributed by atoms with Crippen molar-refractivity contribution in [3.05, 3.63) is 35.1 Å². The van der Waals surface area contributed by atoms with Gasteiger partial charge in [0.1, 0.15) is 17.6 Å². The molecule has 0 unspecified atom stereocenters. The molecular weight excluding hydrogens is 314 g/mol. The third-order valence-electron chi connectivity index (χ3n) is 2.84. The van der Waals surface area contributed by atoms with E-state index in [0.29, 0.717) is 34.8 Å². The van der Waals surface area contributed by atoms with Gasteiger partial charge in [-0.15, -0.1) is 5.10 Å². The van der Waals surface area contributed by atoms with Crippen LogP contribution in [0.25, 0.3) is 0 Å². The van der Waals surface area contributed by atoms with Crippen molar-refractivity contribution < 1.29 is 14.3 Å². The Balaban J connectivity index is 1.55. The molecule has 3 rings (SSSR count). The molecule has 0 radical (unpaired) electrons. The number of carbonyl (C=O) groups is 1. The summed E-state index contributed by atoms with van der Waals surface area (Å²) < 4.78 is 10.5. The lowest BCUT2D eigenvalue weighted by Gasteiger charge is -2.03. The van der Waals surface area contributed by atoms with Gasteiger partial charge < -0.3 is 9.47 Å². The smallest absolute Gasteiger partial charge is 0.319 e. The van der Waals surface area contributed by atoms with Crippen LogP contribution in [0.2, 0.25) is 5.02 Å². The summed E-state index contributed by atoms with van der Waals surface area (Å²) in [5.74, 6) is 1.09. The fourth-order valence-corrected chi connectivity index (χ4v) is 2.81. The molecule has 1 saturated heterocycles. The number of benzene rings is 1. The summed E-state index contributed by atoms with van der Waals surface area (Å²) in [5, 5.41) is 7.81. The number of aromatic amines is 1. The monoisotopic (exact) mass is 325 g/mol. The summed E-state index contributed by atoms with van der Waals surface area (Å²) in [4.78, 5) is 15.7. The quantitative estimate of drug-likeness (QED) is 0.851. The zero-order valence-electron chi connectivity index (χ0n) is 10.9. The van der Waals surface area contributed by atoms with Crippen molar-refractivity contribution in [3.63, 3.8) is 0 Å². The number of esters is 1. The molecule has 1 aromatic carbocycles. The molecule has 6 nitrogen and oxygen atoms in total. The average molecular weight is 326 g/mol. The number of halogens is 1. The molecule has 0 saturated carbocycles. The fraction of sp³-hybridized carbons (Fsp3) is 0.308. The second-order valence-corrected chi connectivity index (χ2v) is 5.98. The summed E-state index contributed by atoms with van der Waals surface area (Å²) in [6.07, 6.45) is 0.689. The molecular formula is C13H12ClN3O3S. The number of nitrogens with zero attached hydrogens (tertiary/aromatic N) is 2. The van der Waals surface area contributed by atoms with Crippen LogP contribution < -0.4 is 4.74 Å². The normalized spacial score (nSPS) is 17.8. The van der Waals surface area contributed by atoms with E-state index in [1.54, 1.807) is 24.3 Å². The minimum Gasteiger partial charge on any atom is -0.486 e. The lowest BCUT2D eigenvalue weighted by Crippen LogP contribution is -2.09. The van der Waals surface area contributed by atoms with E-state index in [2.05, 4.69) is 15.2 Å². The summed E-state index contributed by atoms with van der Waals surface area (Å²) >= 11 is 7.10. The first kappa shape index (κ1) is 14.2. The van der Waals surface area contributed by atoms with Crippen LogP contribution in [0.5, 0.6) is 5.75 Å². The first-order valence-electron chi connectivity index (χ1n) is 6.33. The molecule has 8 heteroatoms. The van der Waals surface area contributed by atoms with Crippen LogP contribution in [0.15, 0.2) is 29.4 Å². The zero-order chi connectivity index (χ0) is 14.7. The van der Waals surface area contributed by atoms with E-state index in [0.717, 1.165) is 0 Å². The first-order chi connectivity index (χ1) is 10.2. The Hall–Kier alpha value is -1.73. The number of thioether (sulfide) groups is 1. The minimum absolute atomic E-state index is 0.205. The fourth-order valence-electron chi connectivity index (χ4n) is 1.79. The SMILES string of the molecule is O=C1OCC[C@@H]1Sc1n[nH]c(COc2ccc(Cl)cc2)n1. The van der Waals surface area contributed by atoms with E-state index in [1.165, 1.54) is 11.8 Å². The van der Waals surface area contributed by atoms with Crippen molar-refractivity contribution in [2.45, 2.75) is 23.4 Å². The van der Waals surface area contributed by atoms with E-state index in [4.69, 9.17) is 21.1 Å². The van der Waals surface area contributed by atoms with Gasteiger partial charge in [0.15, 0.2) is 5.82 Å². The Bertz CT molecular complexity index is 632. The maximum absolute atomic E-state index is 11.4. The molecule has 2 aromatic rings. The Morgan fingerprint density at radius 2 is 2.24 bits per heavy atom. The van der Waals surface area contributed by atoms with Gasteiger partial charge in [0.05, 0.1) is 6.61 Å².